The highest BCUT2D eigenvalue weighted by molar-refractivity contribution is 14.0. The van der Waals surface area contributed by atoms with Gasteiger partial charge in [-0.2, -0.15) is 0 Å². The largest absolute Gasteiger partial charge is 0.373 e. The van der Waals surface area contributed by atoms with Crippen molar-refractivity contribution in [3.8, 4) is 0 Å². The Morgan fingerprint density at radius 3 is 2.60 bits per heavy atom. The lowest BCUT2D eigenvalue weighted by molar-refractivity contribution is -0.0265. The van der Waals surface area contributed by atoms with Gasteiger partial charge in [-0.3, -0.25) is 4.99 Å². The Hall–Kier alpha value is -1.08. The average Bonchev–Trinajstić information content (AvgIpc) is 3.13. The molecule has 1 aliphatic heterocycles. The standard InChI is InChI=1S/C20H29N3O.HI/c1-15-9-11-16(12-10-15)19-17(6-5-13-24-19)14-22-20(21-2)23-18-7-3-4-8-18;/h3-4,9-12,17-19H,5-8,13-14H2,1-2H3,(H2,21,22,23);1H. The van der Waals surface area contributed by atoms with Crippen LogP contribution in [-0.4, -0.2) is 32.2 Å². The highest BCUT2D eigenvalue weighted by Gasteiger charge is 2.27. The average molecular weight is 455 g/mol. The van der Waals surface area contributed by atoms with Crippen molar-refractivity contribution in [1.29, 1.82) is 0 Å². The smallest absolute Gasteiger partial charge is 0.191 e. The van der Waals surface area contributed by atoms with Crippen molar-refractivity contribution in [2.45, 2.75) is 44.8 Å². The van der Waals surface area contributed by atoms with Gasteiger partial charge >= 0.3 is 0 Å². The lowest BCUT2D eigenvalue weighted by atomic mass is 9.89. The monoisotopic (exact) mass is 455 g/mol. The summed E-state index contributed by atoms with van der Waals surface area (Å²) in [5.74, 6) is 1.37. The van der Waals surface area contributed by atoms with Crippen LogP contribution in [0.3, 0.4) is 0 Å². The molecule has 1 aromatic rings. The van der Waals surface area contributed by atoms with E-state index in [-0.39, 0.29) is 30.1 Å². The number of hydrogen-bond acceptors (Lipinski definition) is 2. The van der Waals surface area contributed by atoms with Crippen LogP contribution in [-0.2, 0) is 4.74 Å². The number of aryl methyl sites for hydroxylation is 1. The first-order chi connectivity index (χ1) is 11.8. The summed E-state index contributed by atoms with van der Waals surface area (Å²) in [6.07, 6.45) is 9.12. The van der Waals surface area contributed by atoms with Gasteiger partial charge in [0.25, 0.3) is 0 Å². The summed E-state index contributed by atoms with van der Waals surface area (Å²) < 4.78 is 6.11. The van der Waals surface area contributed by atoms with Crippen molar-refractivity contribution < 1.29 is 4.74 Å². The van der Waals surface area contributed by atoms with Gasteiger partial charge in [0.1, 0.15) is 0 Å². The van der Waals surface area contributed by atoms with Crippen LogP contribution in [0.4, 0.5) is 0 Å². The molecule has 0 spiro atoms. The maximum Gasteiger partial charge on any atom is 0.191 e. The molecule has 1 aromatic carbocycles. The maximum absolute atomic E-state index is 6.11. The third-order valence-electron chi connectivity index (χ3n) is 4.95. The topological polar surface area (TPSA) is 45.7 Å². The lowest BCUT2D eigenvalue weighted by Gasteiger charge is -2.33. The van der Waals surface area contributed by atoms with Crippen LogP contribution in [0.2, 0.25) is 0 Å². The first-order valence-electron chi connectivity index (χ1n) is 9.06. The van der Waals surface area contributed by atoms with E-state index in [1.807, 2.05) is 7.05 Å². The predicted molar refractivity (Wildman–Crippen MR) is 115 cm³/mol. The van der Waals surface area contributed by atoms with Gasteiger partial charge in [-0.1, -0.05) is 42.0 Å². The summed E-state index contributed by atoms with van der Waals surface area (Å²) in [5.41, 5.74) is 2.58. The third kappa shape index (κ3) is 5.71. The van der Waals surface area contributed by atoms with Crippen molar-refractivity contribution >= 4 is 29.9 Å². The van der Waals surface area contributed by atoms with Gasteiger partial charge in [-0.25, -0.2) is 0 Å². The third-order valence-corrected chi connectivity index (χ3v) is 4.95. The molecular weight excluding hydrogens is 425 g/mol. The van der Waals surface area contributed by atoms with E-state index in [1.165, 1.54) is 17.5 Å². The van der Waals surface area contributed by atoms with Gasteiger partial charge in [0.15, 0.2) is 5.96 Å². The van der Waals surface area contributed by atoms with Crippen molar-refractivity contribution in [2.24, 2.45) is 10.9 Å². The molecule has 2 N–H and O–H groups in total. The van der Waals surface area contributed by atoms with Gasteiger partial charge in [0.2, 0.25) is 0 Å². The summed E-state index contributed by atoms with van der Waals surface area (Å²) >= 11 is 0. The number of aliphatic imine (C=N–C) groups is 1. The Labute approximate surface area is 168 Å². The molecule has 2 aliphatic rings. The summed E-state index contributed by atoms with van der Waals surface area (Å²) in [4.78, 5) is 4.37. The van der Waals surface area contributed by atoms with E-state index in [0.717, 1.165) is 38.4 Å². The van der Waals surface area contributed by atoms with Crippen LogP contribution in [0, 0.1) is 12.8 Å². The molecule has 5 heteroatoms. The van der Waals surface area contributed by atoms with Gasteiger partial charge in [0, 0.05) is 32.2 Å². The molecule has 2 unspecified atom stereocenters. The molecule has 0 amide bonds. The number of guanidine groups is 1. The molecule has 1 fully saturated rings. The zero-order chi connectivity index (χ0) is 16.8. The van der Waals surface area contributed by atoms with E-state index in [0.29, 0.717) is 12.0 Å². The van der Waals surface area contributed by atoms with Crippen LogP contribution in [0.25, 0.3) is 0 Å². The van der Waals surface area contributed by atoms with Crippen molar-refractivity contribution in [3.05, 3.63) is 47.5 Å². The fraction of sp³-hybridized carbons (Fsp3) is 0.550. The number of nitrogens with one attached hydrogen (secondary N) is 2. The second-order valence-electron chi connectivity index (χ2n) is 6.84. The van der Waals surface area contributed by atoms with Gasteiger partial charge in [-0.05, 0) is 38.2 Å². The second kappa shape index (κ2) is 10.2. The van der Waals surface area contributed by atoms with E-state index in [2.05, 4.69) is 59.0 Å². The SMILES string of the molecule is CN=C(NCC1CCCOC1c1ccc(C)cc1)NC1CC=CC1.I. The number of hydrogen-bond donors (Lipinski definition) is 2. The molecular formula is C20H30IN3O. The van der Waals surface area contributed by atoms with E-state index in [1.54, 1.807) is 0 Å². The van der Waals surface area contributed by atoms with E-state index in [9.17, 15) is 0 Å². The van der Waals surface area contributed by atoms with Crippen molar-refractivity contribution in [3.63, 3.8) is 0 Å². The number of benzene rings is 1. The number of rotatable bonds is 4. The van der Waals surface area contributed by atoms with Crippen LogP contribution in [0.1, 0.15) is 42.9 Å². The molecule has 25 heavy (non-hydrogen) atoms. The maximum atomic E-state index is 6.11. The second-order valence-corrected chi connectivity index (χ2v) is 6.84. The number of halogens is 1. The molecule has 1 saturated heterocycles. The molecule has 1 aliphatic carbocycles. The Bertz CT molecular complexity index is 577. The summed E-state index contributed by atoms with van der Waals surface area (Å²) in [6.45, 7) is 3.87. The zero-order valence-corrected chi connectivity index (χ0v) is 17.5. The van der Waals surface area contributed by atoms with Gasteiger partial charge < -0.3 is 15.4 Å². The summed E-state index contributed by atoms with van der Waals surface area (Å²) in [7, 11) is 1.84. The van der Waals surface area contributed by atoms with Crippen LogP contribution >= 0.6 is 24.0 Å². The lowest BCUT2D eigenvalue weighted by Crippen LogP contribution is -2.45. The minimum absolute atomic E-state index is 0. The number of nitrogens with zero attached hydrogens (tertiary/aromatic N) is 1. The molecule has 0 bridgehead atoms. The quantitative estimate of drug-likeness (QED) is 0.313. The minimum Gasteiger partial charge on any atom is -0.373 e. The molecule has 3 rings (SSSR count). The first-order valence-corrected chi connectivity index (χ1v) is 9.06. The van der Waals surface area contributed by atoms with E-state index < -0.39 is 0 Å². The molecule has 0 aromatic heterocycles. The van der Waals surface area contributed by atoms with Crippen molar-refractivity contribution in [1.82, 2.24) is 10.6 Å². The van der Waals surface area contributed by atoms with Crippen LogP contribution in [0.15, 0.2) is 41.4 Å². The highest BCUT2D eigenvalue weighted by atomic mass is 127. The Morgan fingerprint density at radius 2 is 1.92 bits per heavy atom. The highest BCUT2D eigenvalue weighted by Crippen LogP contribution is 2.33. The molecule has 0 radical (unpaired) electrons. The molecule has 2 atom stereocenters. The Balaban J connectivity index is 0.00000225. The molecule has 138 valence electrons. The fourth-order valence-electron chi connectivity index (χ4n) is 3.53. The number of ether oxygens (including phenoxy) is 1. The summed E-state index contributed by atoms with van der Waals surface area (Å²) in [5, 5.41) is 7.01. The van der Waals surface area contributed by atoms with E-state index in [4.69, 9.17) is 4.74 Å². The molecule has 1 heterocycles. The van der Waals surface area contributed by atoms with Crippen LogP contribution < -0.4 is 10.6 Å². The zero-order valence-electron chi connectivity index (χ0n) is 15.2. The minimum atomic E-state index is 0. The predicted octanol–water partition coefficient (Wildman–Crippen LogP) is 3.96. The van der Waals surface area contributed by atoms with E-state index >= 15 is 0 Å². The Morgan fingerprint density at radius 1 is 1.20 bits per heavy atom. The van der Waals surface area contributed by atoms with Gasteiger partial charge in [0.05, 0.1) is 6.10 Å². The Kier molecular flexibility index (Phi) is 8.22. The van der Waals surface area contributed by atoms with Crippen molar-refractivity contribution in [2.75, 3.05) is 20.2 Å². The fourth-order valence-corrected chi connectivity index (χ4v) is 3.53. The van der Waals surface area contributed by atoms with Crippen LogP contribution in [0.5, 0.6) is 0 Å². The first kappa shape index (κ1) is 20.2. The normalized spacial score (nSPS) is 24.0. The van der Waals surface area contributed by atoms with Gasteiger partial charge in [-0.15, -0.1) is 24.0 Å². The molecule has 0 saturated carbocycles. The summed E-state index contributed by atoms with van der Waals surface area (Å²) in [6, 6.07) is 9.23. The molecule has 4 nitrogen and oxygen atoms in total.